The molecule has 1 aromatic carbocycles. The van der Waals surface area contributed by atoms with Gasteiger partial charge in [-0.25, -0.2) is 9.37 Å². The van der Waals surface area contributed by atoms with Gasteiger partial charge in [0.25, 0.3) is 5.56 Å². The molecule has 1 aromatic heterocycles. The molecule has 156 valence electrons. The molecule has 0 radical (unpaired) electrons. The smallest absolute Gasteiger partial charge is 0.263 e. The zero-order valence-electron chi connectivity index (χ0n) is 16.9. The molecule has 3 heterocycles. The average molecular weight is 421 g/mol. The van der Waals surface area contributed by atoms with Gasteiger partial charge in [0.1, 0.15) is 22.5 Å². The normalized spacial score (nSPS) is 23.7. The van der Waals surface area contributed by atoms with Crippen LogP contribution in [0.4, 0.5) is 10.2 Å². The molecule has 2 saturated heterocycles. The molecular weight excluding hydrogens is 395 g/mol. The van der Waals surface area contributed by atoms with E-state index in [2.05, 4.69) is 4.90 Å². The first-order valence-electron chi connectivity index (χ1n) is 9.92. The maximum atomic E-state index is 13.9. The minimum Gasteiger partial charge on any atom is -0.376 e. The molecule has 2 atom stereocenters. The van der Waals surface area contributed by atoms with E-state index in [1.807, 2.05) is 6.92 Å². The summed E-state index contributed by atoms with van der Waals surface area (Å²) in [4.78, 5) is 20.0. The highest BCUT2D eigenvalue weighted by molar-refractivity contribution is 6.32. The summed E-state index contributed by atoms with van der Waals surface area (Å²) in [6.45, 7) is 7.74. The molecule has 4 rings (SSSR count). The number of halogens is 2. The first kappa shape index (κ1) is 20.3. The third-order valence-corrected chi connectivity index (χ3v) is 6.90. The number of nitrogens with zero attached hydrogens (tertiary/aromatic N) is 3. The predicted molar refractivity (Wildman–Crippen MR) is 112 cm³/mol. The Kier molecular flexibility index (Phi) is 5.17. The highest BCUT2D eigenvalue weighted by atomic mass is 35.5. The van der Waals surface area contributed by atoms with Crippen LogP contribution in [0.5, 0.6) is 0 Å². The van der Waals surface area contributed by atoms with Gasteiger partial charge in [-0.3, -0.25) is 9.36 Å². The first-order chi connectivity index (χ1) is 13.7. The molecule has 0 aliphatic carbocycles. The van der Waals surface area contributed by atoms with Crippen LogP contribution in [0.25, 0.3) is 5.69 Å². The second kappa shape index (κ2) is 7.38. The van der Waals surface area contributed by atoms with E-state index in [4.69, 9.17) is 27.1 Å². The van der Waals surface area contributed by atoms with Crippen LogP contribution in [0.15, 0.2) is 23.0 Å². The van der Waals surface area contributed by atoms with E-state index in [-0.39, 0.29) is 28.1 Å². The lowest BCUT2D eigenvalue weighted by Crippen LogP contribution is -2.51. The average Bonchev–Trinajstić information content (AvgIpc) is 2.97. The molecule has 0 amide bonds. The minimum absolute atomic E-state index is 0.00292. The zero-order valence-corrected chi connectivity index (χ0v) is 17.7. The fourth-order valence-electron chi connectivity index (χ4n) is 4.59. The molecule has 0 unspecified atom stereocenters. The van der Waals surface area contributed by atoms with Gasteiger partial charge in [0.15, 0.2) is 0 Å². The fourth-order valence-corrected chi connectivity index (χ4v) is 4.80. The highest BCUT2D eigenvalue weighted by Gasteiger charge is 2.47. The van der Waals surface area contributed by atoms with Crippen molar-refractivity contribution in [2.45, 2.75) is 45.8 Å². The number of piperidine rings is 1. The van der Waals surface area contributed by atoms with Crippen LogP contribution in [0, 0.1) is 25.1 Å². The number of ether oxygens (including phenoxy) is 1. The third-order valence-electron chi connectivity index (χ3n) is 6.53. The highest BCUT2D eigenvalue weighted by Crippen LogP contribution is 2.42. The van der Waals surface area contributed by atoms with Gasteiger partial charge in [-0.1, -0.05) is 17.7 Å². The third kappa shape index (κ3) is 3.25. The van der Waals surface area contributed by atoms with Gasteiger partial charge in [-0.2, -0.15) is 0 Å². The van der Waals surface area contributed by atoms with Crippen LogP contribution in [0.3, 0.4) is 0 Å². The van der Waals surface area contributed by atoms with Crippen LogP contribution in [-0.2, 0) is 4.74 Å². The van der Waals surface area contributed by atoms with E-state index in [0.29, 0.717) is 29.5 Å². The summed E-state index contributed by atoms with van der Waals surface area (Å²) in [5.74, 6) is 0.576. The maximum Gasteiger partial charge on any atom is 0.263 e. The molecule has 2 fully saturated rings. The fraction of sp³-hybridized carbons (Fsp3) is 0.524. The predicted octanol–water partition coefficient (Wildman–Crippen LogP) is 2.97. The van der Waals surface area contributed by atoms with E-state index >= 15 is 0 Å². The number of hydrogen-bond donors (Lipinski definition) is 1. The summed E-state index contributed by atoms with van der Waals surface area (Å²) in [5.41, 5.74) is 6.99. The summed E-state index contributed by atoms with van der Waals surface area (Å²) in [5, 5.41) is -0.0871. The number of benzene rings is 1. The van der Waals surface area contributed by atoms with Crippen molar-refractivity contribution in [2.75, 3.05) is 24.6 Å². The number of rotatable bonds is 2. The Bertz CT molecular complexity index is 1000. The van der Waals surface area contributed by atoms with Crippen molar-refractivity contribution in [3.8, 4) is 5.69 Å². The van der Waals surface area contributed by atoms with Crippen LogP contribution < -0.4 is 16.2 Å². The summed E-state index contributed by atoms with van der Waals surface area (Å²) in [6, 6.07) is 4.45. The molecule has 2 aliphatic rings. The number of nitrogens with two attached hydrogens (primary N) is 1. The summed E-state index contributed by atoms with van der Waals surface area (Å²) in [7, 11) is 0. The lowest BCUT2D eigenvalue weighted by atomic mass is 9.73. The molecule has 2 aromatic rings. The Balaban J connectivity index is 1.66. The second-order valence-corrected chi connectivity index (χ2v) is 8.59. The monoisotopic (exact) mass is 420 g/mol. The van der Waals surface area contributed by atoms with Crippen LogP contribution in [0.1, 0.15) is 31.2 Å². The molecule has 6 nitrogen and oxygen atoms in total. The van der Waals surface area contributed by atoms with E-state index < -0.39 is 5.82 Å². The zero-order chi connectivity index (χ0) is 20.9. The summed E-state index contributed by atoms with van der Waals surface area (Å²) >= 11 is 6.11. The second-order valence-electron chi connectivity index (χ2n) is 8.21. The summed E-state index contributed by atoms with van der Waals surface area (Å²) in [6.07, 6.45) is 1.87. The Hall–Kier alpha value is -1.96. The van der Waals surface area contributed by atoms with Crippen molar-refractivity contribution in [3.05, 3.63) is 50.8 Å². The summed E-state index contributed by atoms with van der Waals surface area (Å²) < 4.78 is 21.1. The van der Waals surface area contributed by atoms with Crippen molar-refractivity contribution in [2.24, 2.45) is 11.1 Å². The SMILES string of the molecule is Cc1c(N2CCC3(CC2)CO[C@@H](C)[C@H]3N)nc(C)n(-c2cccc(F)c2Cl)c1=O. The van der Waals surface area contributed by atoms with E-state index in [0.717, 1.165) is 25.9 Å². The molecule has 1 spiro atoms. The van der Waals surface area contributed by atoms with Crippen molar-refractivity contribution >= 4 is 17.4 Å². The molecule has 29 heavy (non-hydrogen) atoms. The van der Waals surface area contributed by atoms with Crippen molar-refractivity contribution < 1.29 is 9.13 Å². The van der Waals surface area contributed by atoms with E-state index in [1.165, 1.54) is 16.7 Å². The molecule has 2 aliphatic heterocycles. The van der Waals surface area contributed by atoms with Crippen molar-refractivity contribution in [1.82, 2.24) is 9.55 Å². The van der Waals surface area contributed by atoms with Crippen LogP contribution in [-0.4, -0.2) is 41.4 Å². The van der Waals surface area contributed by atoms with Crippen LogP contribution >= 0.6 is 11.6 Å². The number of anilines is 1. The lowest BCUT2D eigenvalue weighted by molar-refractivity contribution is 0.0974. The largest absolute Gasteiger partial charge is 0.376 e. The van der Waals surface area contributed by atoms with Gasteiger partial charge >= 0.3 is 0 Å². The van der Waals surface area contributed by atoms with Gasteiger partial charge in [0.2, 0.25) is 0 Å². The molecule has 2 N–H and O–H groups in total. The Labute approximate surface area is 174 Å². The standard InChI is InChI=1S/C21H26ClFN4O2/c1-12-19(26-9-7-21(8-10-26)11-29-13(2)18(21)24)25-14(3)27(20(12)28)16-6-4-5-15(23)17(16)22/h4-6,13,18H,7-11,24H2,1-3H3/t13-,18+/m0/s1. The van der Waals surface area contributed by atoms with Crippen molar-refractivity contribution in [1.29, 1.82) is 0 Å². The molecule has 8 heteroatoms. The quantitative estimate of drug-likeness (QED) is 0.808. The van der Waals surface area contributed by atoms with E-state index in [9.17, 15) is 9.18 Å². The Morgan fingerprint density at radius 3 is 2.62 bits per heavy atom. The minimum atomic E-state index is -0.567. The van der Waals surface area contributed by atoms with Crippen molar-refractivity contribution in [3.63, 3.8) is 0 Å². The Morgan fingerprint density at radius 2 is 2.00 bits per heavy atom. The van der Waals surface area contributed by atoms with Gasteiger partial charge in [0, 0.05) is 24.5 Å². The number of aryl methyl sites for hydroxylation is 1. The van der Waals surface area contributed by atoms with Gasteiger partial charge in [-0.05, 0) is 45.7 Å². The van der Waals surface area contributed by atoms with Gasteiger partial charge < -0.3 is 15.4 Å². The number of aromatic nitrogens is 2. The van der Waals surface area contributed by atoms with Crippen LogP contribution in [0.2, 0.25) is 5.02 Å². The number of hydrogen-bond acceptors (Lipinski definition) is 5. The van der Waals surface area contributed by atoms with Gasteiger partial charge in [0.05, 0.1) is 24.0 Å². The first-order valence-corrected chi connectivity index (χ1v) is 10.3. The Morgan fingerprint density at radius 1 is 1.31 bits per heavy atom. The van der Waals surface area contributed by atoms with E-state index in [1.54, 1.807) is 19.9 Å². The lowest BCUT2D eigenvalue weighted by Gasteiger charge is -2.42. The van der Waals surface area contributed by atoms with Gasteiger partial charge in [-0.15, -0.1) is 0 Å². The molecule has 0 saturated carbocycles. The topological polar surface area (TPSA) is 73.4 Å². The molecular formula is C21H26ClFN4O2. The maximum absolute atomic E-state index is 13.9. The molecule has 0 bridgehead atoms.